The lowest BCUT2D eigenvalue weighted by Gasteiger charge is -2.04. The van der Waals surface area contributed by atoms with Gasteiger partial charge in [-0.05, 0) is 38.0 Å². The fraction of sp³-hybridized carbons (Fsp3) is 0.312. The van der Waals surface area contributed by atoms with Crippen molar-refractivity contribution in [2.24, 2.45) is 0 Å². The highest BCUT2D eigenvalue weighted by molar-refractivity contribution is 7.13. The van der Waals surface area contributed by atoms with Gasteiger partial charge in [0.15, 0.2) is 0 Å². The van der Waals surface area contributed by atoms with Gasteiger partial charge in [0.1, 0.15) is 15.7 Å². The summed E-state index contributed by atoms with van der Waals surface area (Å²) in [7, 11) is 0. The van der Waals surface area contributed by atoms with Crippen molar-refractivity contribution in [2.75, 3.05) is 5.32 Å². The van der Waals surface area contributed by atoms with E-state index in [9.17, 15) is 14.0 Å². The summed E-state index contributed by atoms with van der Waals surface area (Å²) in [6.45, 7) is 1.74. The minimum atomic E-state index is -0.599. The molecule has 1 aromatic carbocycles. The summed E-state index contributed by atoms with van der Waals surface area (Å²) < 4.78 is 13.4. The normalized spacial score (nSPS) is 13.6. The summed E-state index contributed by atoms with van der Waals surface area (Å²) in [6, 6.07) is 4.32. The molecule has 0 spiro atoms. The zero-order chi connectivity index (χ0) is 17.3. The van der Waals surface area contributed by atoms with Crippen LogP contribution in [0.25, 0.3) is 0 Å². The minimum Gasteiger partial charge on any atom is -0.349 e. The second-order valence-electron chi connectivity index (χ2n) is 5.62. The summed E-state index contributed by atoms with van der Waals surface area (Å²) >= 11 is 6.81. The van der Waals surface area contributed by atoms with E-state index in [4.69, 9.17) is 11.6 Å². The molecule has 0 radical (unpaired) electrons. The lowest BCUT2D eigenvalue weighted by atomic mass is 10.3. The molecule has 3 rings (SSSR count). The molecule has 0 aliphatic heterocycles. The molecule has 1 aromatic heterocycles. The molecule has 1 aliphatic carbocycles. The number of nitrogens with one attached hydrogen (secondary N) is 2. The van der Waals surface area contributed by atoms with Gasteiger partial charge in [0.2, 0.25) is 5.91 Å². The van der Waals surface area contributed by atoms with Crippen molar-refractivity contribution in [3.8, 4) is 0 Å². The van der Waals surface area contributed by atoms with Crippen molar-refractivity contribution in [1.29, 1.82) is 0 Å². The van der Waals surface area contributed by atoms with Gasteiger partial charge in [-0.25, -0.2) is 9.37 Å². The van der Waals surface area contributed by atoms with Gasteiger partial charge in [-0.15, -0.1) is 11.3 Å². The number of hydrogen-bond donors (Lipinski definition) is 2. The molecule has 1 heterocycles. The molecule has 1 aliphatic rings. The average molecular weight is 368 g/mol. The quantitative estimate of drug-likeness (QED) is 0.851. The van der Waals surface area contributed by atoms with E-state index in [1.54, 1.807) is 6.92 Å². The van der Waals surface area contributed by atoms with Gasteiger partial charge in [0.25, 0.3) is 5.91 Å². The maximum atomic E-state index is 13.4. The first-order valence-electron chi connectivity index (χ1n) is 7.44. The minimum absolute atomic E-state index is 0.00476. The fourth-order valence-corrected chi connectivity index (χ4v) is 3.22. The topological polar surface area (TPSA) is 71.1 Å². The predicted molar refractivity (Wildman–Crippen MR) is 91.1 cm³/mol. The molecule has 0 saturated heterocycles. The molecule has 0 atom stereocenters. The first kappa shape index (κ1) is 16.9. The molecular weight excluding hydrogens is 353 g/mol. The van der Waals surface area contributed by atoms with E-state index in [2.05, 4.69) is 15.6 Å². The number of benzene rings is 1. The third-order valence-electron chi connectivity index (χ3n) is 3.47. The zero-order valence-corrected chi connectivity index (χ0v) is 14.4. The van der Waals surface area contributed by atoms with Crippen LogP contribution in [-0.2, 0) is 11.2 Å². The van der Waals surface area contributed by atoms with Gasteiger partial charge in [-0.3, -0.25) is 9.59 Å². The Kier molecular flexibility index (Phi) is 4.82. The van der Waals surface area contributed by atoms with Crippen molar-refractivity contribution < 1.29 is 14.0 Å². The van der Waals surface area contributed by atoms with Crippen molar-refractivity contribution in [1.82, 2.24) is 10.3 Å². The number of amides is 2. The van der Waals surface area contributed by atoms with Crippen LogP contribution in [0.1, 0.15) is 33.2 Å². The zero-order valence-electron chi connectivity index (χ0n) is 12.9. The van der Waals surface area contributed by atoms with Gasteiger partial charge >= 0.3 is 0 Å². The van der Waals surface area contributed by atoms with Gasteiger partial charge in [-0.1, -0.05) is 11.6 Å². The molecule has 2 amide bonds. The third kappa shape index (κ3) is 4.10. The molecule has 0 bridgehead atoms. The highest BCUT2D eigenvalue weighted by atomic mass is 35.5. The van der Waals surface area contributed by atoms with Gasteiger partial charge in [-0.2, -0.15) is 0 Å². The number of halogens is 2. The fourth-order valence-electron chi connectivity index (χ4n) is 2.13. The number of rotatable bonds is 5. The number of carbonyl (C=O) groups excluding carboxylic acids is 2. The van der Waals surface area contributed by atoms with Crippen LogP contribution >= 0.6 is 22.9 Å². The maximum absolute atomic E-state index is 13.4. The number of aromatic nitrogens is 1. The molecule has 2 aromatic rings. The SMILES string of the molecule is Cc1nc(CC(=O)Nc2ccc(Cl)c(F)c2)sc1C(=O)NC1CC1. The van der Waals surface area contributed by atoms with Crippen LogP contribution in [0.15, 0.2) is 18.2 Å². The smallest absolute Gasteiger partial charge is 0.263 e. The van der Waals surface area contributed by atoms with Crippen LogP contribution < -0.4 is 10.6 Å². The number of anilines is 1. The average Bonchev–Trinajstić information content (AvgIpc) is 3.24. The van der Waals surface area contributed by atoms with Crippen molar-refractivity contribution in [3.63, 3.8) is 0 Å². The van der Waals surface area contributed by atoms with Gasteiger partial charge < -0.3 is 10.6 Å². The number of nitrogens with zero attached hydrogens (tertiary/aromatic N) is 1. The number of hydrogen-bond acceptors (Lipinski definition) is 4. The van der Waals surface area contributed by atoms with E-state index in [0.29, 0.717) is 21.3 Å². The van der Waals surface area contributed by atoms with Gasteiger partial charge in [0, 0.05) is 11.7 Å². The Hall–Kier alpha value is -1.99. The predicted octanol–water partition coefficient (Wildman–Crippen LogP) is 3.32. The summed E-state index contributed by atoms with van der Waals surface area (Å²) in [5.74, 6) is -1.07. The molecule has 1 saturated carbocycles. The monoisotopic (exact) mass is 367 g/mol. The van der Waals surface area contributed by atoms with Crippen LogP contribution in [0.5, 0.6) is 0 Å². The van der Waals surface area contributed by atoms with Crippen LogP contribution in [0, 0.1) is 12.7 Å². The first-order chi connectivity index (χ1) is 11.4. The van der Waals surface area contributed by atoms with E-state index in [1.807, 2.05) is 0 Å². The van der Waals surface area contributed by atoms with E-state index in [0.717, 1.165) is 18.9 Å². The number of aryl methyl sites for hydroxylation is 1. The Morgan fingerprint density at radius 3 is 2.83 bits per heavy atom. The van der Waals surface area contributed by atoms with Crippen LogP contribution in [0.2, 0.25) is 5.02 Å². The molecule has 5 nitrogen and oxygen atoms in total. The Bertz CT molecular complexity index is 805. The standard InChI is InChI=1S/C16H15ClFN3O2S/c1-8-15(16(23)21-9-2-3-9)24-14(19-8)7-13(22)20-10-4-5-11(17)12(18)6-10/h4-6,9H,2-3,7H2,1H3,(H,20,22)(H,21,23). The van der Waals surface area contributed by atoms with E-state index < -0.39 is 5.82 Å². The lowest BCUT2D eigenvalue weighted by Crippen LogP contribution is -2.25. The van der Waals surface area contributed by atoms with Crippen molar-refractivity contribution in [2.45, 2.75) is 32.2 Å². The molecule has 8 heteroatoms. The highest BCUT2D eigenvalue weighted by Gasteiger charge is 2.26. The maximum Gasteiger partial charge on any atom is 0.263 e. The van der Waals surface area contributed by atoms with Crippen LogP contribution in [-0.4, -0.2) is 22.8 Å². The Balaban J connectivity index is 1.63. The van der Waals surface area contributed by atoms with E-state index >= 15 is 0 Å². The lowest BCUT2D eigenvalue weighted by molar-refractivity contribution is -0.115. The van der Waals surface area contributed by atoms with Crippen LogP contribution in [0.3, 0.4) is 0 Å². The third-order valence-corrected chi connectivity index (χ3v) is 4.94. The Morgan fingerprint density at radius 1 is 1.42 bits per heavy atom. The largest absolute Gasteiger partial charge is 0.349 e. The molecule has 1 fully saturated rings. The summed E-state index contributed by atoms with van der Waals surface area (Å²) in [5, 5.41) is 6.03. The molecule has 24 heavy (non-hydrogen) atoms. The number of thiazole rings is 1. The first-order valence-corrected chi connectivity index (χ1v) is 8.64. The summed E-state index contributed by atoms with van der Waals surface area (Å²) in [4.78, 5) is 28.9. The summed E-state index contributed by atoms with van der Waals surface area (Å²) in [6.07, 6.45) is 2.04. The van der Waals surface area contributed by atoms with E-state index in [1.165, 1.54) is 23.5 Å². The second-order valence-corrected chi connectivity index (χ2v) is 7.11. The Morgan fingerprint density at radius 2 is 2.17 bits per heavy atom. The molecule has 0 unspecified atom stereocenters. The van der Waals surface area contributed by atoms with Gasteiger partial charge in [0.05, 0.1) is 17.1 Å². The van der Waals surface area contributed by atoms with E-state index in [-0.39, 0.29) is 29.3 Å². The summed E-state index contributed by atoms with van der Waals surface area (Å²) in [5.41, 5.74) is 0.931. The highest BCUT2D eigenvalue weighted by Crippen LogP contribution is 2.23. The van der Waals surface area contributed by atoms with Crippen molar-refractivity contribution >= 4 is 40.4 Å². The number of carbonyl (C=O) groups is 2. The molecular formula is C16H15ClFN3O2S. The van der Waals surface area contributed by atoms with Crippen LogP contribution in [0.4, 0.5) is 10.1 Å². The van der Waals surface area contributed by atoms with Crippen molar-refractivity contribution in [3.05, 3.63) is 44.6 Å². The second kappa shape index (κ2) is 6.86. The molecule has 126 valence electrons. The molecule has 2 N–H and O–H groups in total. The Labute approximate surface area is 147 Å².